The number of thioether (sulfide) groups is 1. The molecule has 1 aromatic carbocycles. The van der Waals surface area contributed by atoms with Crippen molar-refractivity contribution in [2.24, 2.45) is 0 Å². The molecule has 11 nitrogen and oxygen atoms in total. The SMILES string of the molecule is COC(=O)CN(CCN1CC(=O)OC(=O)C1)CCN(CC(=O)OC)Cc1ccc(SC#N)cc1. The summed E-state index contributed by atoms with van der Waals surface area (Å²) in [4.78, 5) is 53.0. The van der Waals surface area contributed by atoms with E-state index in [9.17, 15) is 19.2 Å². The Morgan fingerprint density at radius 3 is 2.12 bits per heavy atom. The number of nitrogens with zero attached hydrogens (tertiary/aromatic N) is 4. The summed E-state index contributed by atoms with van der Waals surface area (Å²) >= 11 is 1.07. The average Bonchev–Trinajstić information content (AvgIpc) is 2.81. The van der Waals surface area contributed by atoms with Gasteiger partial charge >= 0.3 is 23.9 Å². The number of hydrogen-bond donors (Lipinski definition) is 0. The first-order chi connectivity index (χ1) is 16.3. The van der Waals surface area contributed by atoms with Gasteiger partial charge in [0.1, 0.15) is 5.40 Å². The molecule has 34 heavy (non-hydrogen) atoms. The number of methoxy groups -OCH3 is 2. The zero-order valence-electron chi connectivity index (χ0n) is 19.2. The molecule has 0 saturated carbocycles. The second-order valence-electron chi connectivity index (χ2n) is 7.53. The summed E-state index contributed by atoms with van der Waals surface area (Å²) in [6.07, 6.45) is 0. The lowest BCUT2D eigenvalue weighted by Gasteiger charge is -2.29. The van der Waals surface area contributed by atoms with E-state index in [2.05, 4.69) is 4.74 Å². The maximum Gasteiger partial charge on any atom is 0.327 e. The van der Waals surface area contributed by atoms with Gasteiger partial charge in [-0.2, -0.15) is 5.26 Å². The Balaban J connectivity index is 2.00. The number of morpholine rings is 1. The van der Waals surface area contributed by atoms with Gasteiger partial charge in [0.05, 0.1) is 40.4 Å². The van der Waals surface area contributed by atoms with E-state index in [0.29, 0.717) is 32.7 Å². The predicted molar refractivity (Wildman–Crippen MR) is 121 cm³/mol. The van der Waals surface area contributed by atoms with Crippen LogP contribution in [0.1, 0.15) is 5.56 Å². The van der Waals surface area contributed by atoms with Crippen molar-refractivity contribution >= 4 is 35.6 Å². The molecule has 1 fully saturated rings. The van der Waals surface area contributed by atoms with E-state index in [4.69, 9.17) is 14.7 Å². The maximum absolute atomic E-state index is 11.9. The standard InChI is InChI=1S/C22H28N4O7S/c1-31-19(27)12-24(8-10-26-14-21(29)33-22(30)15-26)7-9-25(13-20(28)32-2)11-17-3-5-18(6-4-17)34-16-23/h3-6H,7-15H2,1-2H3. The monoisotopic (exact) mass is 492 g/mol. The van der Waals surface area contributed by atoms with Crippen LogP contribution in [0.4, 0.5) is 0 Å². The van der Waals surface area contributed by atoms with Crippen LogP contribution in [-0.2, 0) is 39.9 Å². The molecule has 1 aliphatic heterocycles. The minimum Gasteiger partial charge on any atom is -0.468 e. The van der Waals surface area contributed by atoms with Crippen LogP contribution in [0, 0.1) is 10.7 Å². The lowest BCUT2D eigenvalue weighted by atomic mass is 10.2. The number of carbonyl (C=O) groups excluding carboxylic acids is 4. The second kappa shape index (κ2) is 14.3. The Hall–Kier alpha value is -2.98. The number of nitriles is 1. The molecule has 0 aromatic heterocycles. The molecule has 0 radical (unpaired) electrons. The smallest absolute Gasteiger partial charge is 0.327 e. The Bertz CT molecular complexity index is 888. The van der Waals surface area contributed by atoms with Crippen LogP contribution in [0.3, 0.4) is 0 Å². The van der Waals surface area contributed by atoms with Gasteiger partial charge in [0.15, 0.2) is 0 Å². The predicted octanol–water partition coefficient (Wildman–Crippen LogP) is 0.0952. The second-order valence-corrected chi connectivity index (χ2v) is 8.39. The molecular weight excluding hydrogens is 464 g/mol. The summed E-state index contributed by atoms with van der Waals surface area (Å²) in [7, 11) is 2.63. The Kier molecular flexibility index (Phi) is 11.5. The van der Waals surface area contributed by atoms with Gasteiger partial charge in [-0.05, 0) is 29.5 Å². The van der Waals surface area contributed by atoms with Gasteiger partial charge in [-0.3, -0.25) is 33.9 Å². The fourth-order valence-corrected chi connectivity index (χ4v) is 3.67. The topological polar surface area (TPSA) is 129 Å². The molecule has 0 N–H and O–H groups in total. The summed E-state index contributed by atoms with van der Waals surface area (Å²) in [6.45, 7) is 2.22. The average molecular weight is 493 g/mol. The minimum atomic E-state index is -0.598. The molecule has 1 aliphatic rings. The fourth-order valence-electron chi connectivity index (χ4n) is 3.29. The number of rotatable bonds is 13. The highest BCUT2D eigenvalue weighted by atomic mass is 32.2. The van der Waals surface area contributed by atoms with Crippen molar-refractivity contribution in [3.8, 4) is 5.40 Å². The van der Waals surface area contributed by atoms with Crippen molar-refractivity contribution in [1.29, 1.82) is 5.26 Å². The van der Waals surface area contributed by atoms with E-state index in [-0.39, 0.29) is 32.1 Å². The minimum absolute atomic E-state index is 0.00630. The summed E-state index contributed by atoms with van der Waals surface area (Å²) in [6, 6.07) is 7.47. The Labute approximate surface area is 202 Å². The van der Waals surface area contributed by atoms with Gasteiger partial charge in [-0.25, -0.2) is 0 Å². The van der Waals surface area contributed by atoms with Crippen molar-refractivity contribution in [3.63, 3.8) is 0 Å². The molecule has 0 bridgehead atoms. The van der Waals surface area contributed by atoms with Crippen molar-refractivity contribution in [2.45, 2.75) is 11.4 Å². The fraction of sp³-hybridized carbons (Fsp3) is 0.500. The summed E-state index contributed by atoms with van der Waals surface area (Å²) in [5.41, 5.74) is 0.955. The lowest BCUT2D eigenvalue weighted by Crippen LogP contribution is -2.47. The summed E-state index contributed by atoms with van der Waals surface area (Å²) < 4.78 is 14.1. The molecule has 2 rings (SSSR count). The number of thiocyanates is 1. The highest BCUT2D eigenvalue weighted by molar-refractivity contribution is 8.03. The highest BCUT2D eigenvalue weighted by Gasteiger charge is 2.25. The Morgan fingerprint density at radius 1 is 1.00 bits per heavy atom. The number of hydrogen-bond acceptors (Lipinski definition) is 12. The largest absolute Gasteiger partial charge is 0.468 e. The number of carbonyl (C=O) groups is 4. The van der Waals surface area contributed by atoms with E-state index >= 15 is 0 Å². The zero-order chi connectivity index (χ0) is 24.9. The van der Waals surface area contributed by atoms with E-state index in [1.54, 1.807) is 4.90 Å². The van der Waals surface area contributed by atoms with E-state index < -0.39 is 17.9 Å². The molecule has 1 aromatic rings. The molecule has 1 saturated heterocycles. The van der Waals surface area contributed by atoms with Gasteiger partial charge in [-0.15, -0.1) is 0 Å². The van der Waals surface area contributed by atoms with Crippen LogP contribution in [0.25, 0.3) is 0 Å². The molecule has 1 heterocycles. The van der Waals surface area contributed by atoms with Crippen molar-refractivity contribution in [1.82, 2.24) is 14.7 Å². The number of cyclic esters (lactones) is 2. The molecular formula is C22H28N4O7S. The van der Waals surface area contributed by atoms with Crippen molar-refractivity contribution in [3.05, 3.63) is 29.8 Å². The van der Waals surface area contributed by atoms with E-state index in [1.807, 2.05) is 39.5 Å². The number of esters is 4. The van der Waals surface area contributed by atoms with Crippen LogP contribution < -0.4 is 0 Å². The van der Waals surface area contributed by atoms with E-state index in [1.165, 1.54) is 14.2 Å². The van der Waals surface area contributed by atoms with Crippen LogP contribution in [0.15, 0.2) is 29.2 Å². The van der Waals surface area contributed by atoms with Crippen LogP contribution in [0.2, 0.25) is 0 Å². The molecule has 0 aliphatic carbocycles. The normalized spacial score (nSPS) is 14.1. The van der Waals surface area contributed by atoms with E-state index in [0.717, 1.165) is 22.2 Å². The third-order valence-corrected chi connectivity index (χ3v) is 5.65. The third-order valence-electron chi connectivity index (χ3n) is 5.05. The van der Waals surface area contributed by atoms with Crippen LogP contribution >= 0.6 is 11.8 Å². The maximum atomic E-state index is 11.9. The van der Waals surface area contributed by atoms with Crippen LogP contribution in [-0.4, -0.2) is 105 Å². The highest BCUT2D eigenvalue weighted by Crippen LogP contribution is 2.17. The Morgan fingerprint density at radius 2 is 1.56 bits per heavy atom. The van der Waals surface area contributed by atoms with Gasteiger partial charge in [0.2, 0.25) is 0 Å². The van der Waals surface area contributed by atoms with Gasteiger partial charge in [0, 0.05) is 37.6 Å². The molecule has 0 amide bonds. The number of benzene rings is 1. The quantitative estimate of drug-likeness (QED) is 0.122. The molecule has 0 unspecified atom stereocenters. The first-order valence-corrected chi connectivity index (χ1v) is 11.3. The first-order valence-electron chi connectivity index (χ1n) is 10.5. The molecule has 0 spiro atoms. The van der Waals surface area contributed by atoms with Gasteiger partial charge in [-0.1, -0.05) is 12.1 Å². The molecule has 184 valence electrons. The number of ether oxygens (including phenoxy) is 3. The lowest BCUT2D eigenvalue weighted by molar-refractivity contribution is -0.167. The molecule has 12 heteroatoms. The van der Waals surface area contributed by atoms with Crippen LogP contribution in [0.5, 0.6) is 0 Å². The van der Waals surface area contributed by atoms with Gasteiger partial charge < -0.3 is 14.2 Å². The van der Waals surface area contributed by atoms with Crippen molar-refractivity contribution in [2.75, 3.05) is 66.6 Å². The first kappa shape index (κ1) is 27.3. The molecule has 0 atom stereocenters. The zero-order valence-corrected chi connectivity index (χ0v) is 20.0. The summed E-state index contributed by atoms with van der Waals surface area (Å²) in [5, 5.41) is 10.8. The van der Waals surface area contributed by atoms with Crippen molar-refractivity contribution < 1.29 is 33.4 Å². The van der Waals surface area contributed by atoms with Gasteiger partial charge in [0.25, 0.3) is 0 Å². The third kappa shape index (κ3) is 9.88. The summed E-state index contributed by atoms with van der Waals surface area (Å²) in [5.74, 6) is -2.00.